The Hall–Kier alpha value is -2.05. The molecule has 0 saturated carbocycles. The average Bonchev–Trinajstić information content (AvgIpc) is 2.84. The molecule has 0 aliphatic carbocycles. The van der Waals surface area contributed by atoms with Crippen molar-refractivity contribution in [2.75, 3.05) is 6.54 Å². The molecule has 2 aromatic rings. The quantitative estimate of drug-likeness (QED) is 0.618. The Labute approximate surface area is 160 Å². The molecule has 1 atom stereocenters. The number of halogens is 1. The number of carbonyl (C=O) groups is 2. The highest BCUT2D eigenvalue weighted by Crippen LogP contribution is 2.25. The number of H-pyrrole nitrogens is 1. The first-order valence-corrected chi connectivity index (χ1v) is 8.59. The van der Waals surface area contributed by atoms with Crippen LogP contribution in [0.2, 0.25) is 0 Å². The second-order valence-corrected chi connectivity index (χ2v) is 6.99. The molecule has 26 heavy (non-hydrogen) atoms. The lowest BCUT2D eigenvalue weighted by molar-refractivity contribution is -0.127. The molecule has 0 aliphatic heterocycles. The minimum Gasteiger partial charge on any atom is -0.358 e. The number of rotatable bonds is 6. The zero-order chi connectivity index (χ0) is 18.7. The first kappa shape index (κ1) is 22.0. The predicted octanol–water partition coefficient (Wildman–Crippen LogP) is 2.23. The van der Waals surface area contributed by atoms with Crippen molar-refractivity contribution in [2.24, 2.45) is 11.7 Å². The van der Waals surface area contributed by atoms with E-state index in [1.54, 1.807) is 0 Å². The molecule has 1 heterocycles. The van der Waals surface area contributed by atoms with Gasteiger partial charge in [-0.25, -0.2) is 0 Å². The predicted molar refractivity (Wildman–Crippen MR) is 107 cm³/mol. The topological polar surface area (TPSA) is 100 Å². The van der Waals surface area contributed by atoms with Crippen molar-refractivity contribution in [2.45, 2.75) is 47.2 Å². The van der Waals surface area contributed by atoms with E-state index in [1.807, 2.05) is 27.7 Å². The molecule has 0 radical (unpaired) electrons. The van der Waals surface area contributed by atoms with Gasteiger partial charge in [0.05, 0.1) is 18.1 Å². The molecular weight excluding hydrogens is 352 g/mol. The van der Waals surface area contributed by atoms with Crippen molar-refractivity contribution in [1.29, 1.82) is 0 Å². The third-order valence-electron chi connectivity index (χ3n) is 4.56. The summed E-state index contributed by atoms with van der Waals surface area (Å²) in [7, 11) is 0. The van der Waals surface area contributed by atoms with Crippen LogP contribution in [0.4, 0.5) is 0 Å². The van der Waals surface area contributed by atoms with Gasteiger partial charge in [0.2, 0.25) is 11.8 Å². The van der Waals surface area contributed by atoms with Crippen LogP contribution >= 0.6 is 12.4 Å². The first-order chi connectivity index (χ1) is 11.7. The third kappa shape index (κ3) is 4.99. The Kier molecular flexibility index (Phi) is 7.66. The minimum atomic E-state index is -0.603. The average molecular weight is 381 g/mol. The summed E-state index contributed by atoms with van der Waals surface area (Å²) in [4.78, 5) is 27.2. The second-order valence-electron chi connectivity index (χ2n) is 6.99. The van der Waals surface area contributed by atoms with E-state index in [1.165, 1.54) is 10.9 Å². The number of hydrogen-bond acceptors (Lipinski definition) is 3. The monoisotopic (exact) mass is 380 g/mol. The van der Waals surface area contributed by atoms with Crippen LogP contribution in [0.5, 0.6) is 0 Å². The van der Waals surface area contributed by atoms with Crippen LogP contribution in [0.25, 0.3) is 10.9 Å². The maximum atomic E-state index is 12.0. The summed E-state index contributed by atoms with van der Waals surface area (Å²) in [5, 5.41) is 6.61. The van der Waals surface area contributed by atoms with E-state index >= 15 is 0 Å². The van der Waals surface area contributed by atoms with Gasteiger partial charge >= 0.3 is 0 Å². The number of aryl methyl sites for hydroxylation is 3. The molecule has 1 aromatic heterocycles. The highest BCUT2D eigenvalue weighted by atomic mass is 35.5. The van der Waals surface area contributed by atoms with Gasteiger partial charge in [0.1, 0.15) is 0 Å². The van der Waals surface area contributed by atoms with Crippen LogP contribution in [0.1, 0.15) is 36.2 Å². The van der Waals surface area contributed by atoms with Crippen LogP contribution in [0, 0.1) is 26.7 Å². The highest BCUT2D eigenvalue weighted by Gasteiger charge is 2.17. The normalized spacial score (nSPS) is 12.0. The van der Waals surface area contributed by atoms with E-state index in [-0.39, 0.29) is 36.7 Å². The van der Waals surface area contributed by atoms with Crippen molar-refractivity contribution in [3.05, 3.63) is 34.5 Å². The van der Waals surface area contributed by atoms with E-state index in [0.717, 1.165) is 22.3 Å². The van der Waals surface area contributed by atoms with E-state index in [2.05, 4.69) is 34.7 Å². The lowest BCUT2D eigenvalue weighted by Gasteiger charge is -2.15. The maximum Gasteiger partial charge on any atom is 0.239 e. The summed E-state index contributed by atoms with van der Waals surface area (Å²) in [5.41, 5.74) is 11.3. The molecule has 0 spiro atoms. The Morgan fingerprint density at radius 3 is 2.42 bits per heavy atom. The SMILES string of the molecule is Cc1cc(CNC(=O)CNC(=O)[C@@H](N)C(C)C)c2[nH]c(C)c(C)c2c1.Cl. The van der Waals surface area contributed by atoms with Gasteiger partial charge in [-0.3, -0.25) is 9.59 Å². The number of carbonyl (C=O) groups excluding carboxylic acids is 2. The number of benzene rings is 1. The number of aromatic amines is 1. The lowest BCUT2D eigenvalue weighted by atomic mass is 10.0. The van der Waals surface area contributed by atoms with Gasteiger partial charge in [-0.15, -0.1) is 12.4 Å². The number of nitrogens with one attached hydrogen (secondary N) is 3. The molecule has 6 nitrogen and oxygen atoms in total. The number of aromatic nitrogens is 1. The molecule has 0 unspecified atom stereocenters. The van der Waals surface area contributed by atoms with Crippen LogP contribution in [-0.2, 0) is 16.1 Å². The minimum absolute atomic E-state index is 0. The standard InChI is InChI=1S/C19H28N4O2.ClH/c1-10(2)17(20)19(25)22-9-16(24)21-8-14-6-11(3)7-15-12(4)13(5)23-18(14)15;/h6-7,10,17,23H,8-9,20H2,1-5H3,(H,21,24)(H,22,25);1H/t17-;/m0./s1. The molecule has 7 heteroatoms. The molecule has 144 valence electrons. The molecule has 0 aliphatic rings. The Balaban J connectivity index is 0.00000338. The molecule has 0 bridgehead atoms. The third-order valence-corrected chi connectivity index (χ3v) is 4.56. The van der Waals surface area contributed by atoms with E-state index in [0.29, 0.717) is 6.54 Å². The van der Waals surface area contributed by atoms with Gasteiger partial charge in [-0.05, 0) is 43.9 Å². The second kappa shape index (κ2) is 9.05. The summed E-state index contributed by atoms with van der Waals surface area (Å²) in [6.07, 6.45) is 0. The molecule has 1 aromatic carbocycles. The molecule has 2 rings (SSSR count). The summed E-state index contributed by atoms with van der Waals surface area (Å²) >= 11 is 0. The van der Waals surface area contributed by atoms with Crippen molar-refractivity contribution in [3.8, 4) is 0 Å². The molecule has 2 amide bonds. The van der Waals surface area contributed by atoms with Crippen LogP contribution in [-0.4, -0.2) is 29.4 Å². The number of hydrogen-bond donors (Lipinski definition) is 4. The van der Waals surface area contributed by atoms with Gasteiger partial charge in [0.25, 0.3) is 0 Å². The van der Waals surface area contributed by atoms with Crippen LogP contribution < -0.4 is 16.4 Å². The fraction of sp³-hybridized carbons (Fsp3) is 0.474. The van der Waals surface area contributed by atoms with Crippen molar-refractivity contribution in [3.63, 3.8) is 0 Å². The molecule has 0 fully saturated rings. The van der Waals surface area contributed by atoms with Crippen LogP contribution in [0.3, 0.4) is 0 Å². The highest BCUT2D eigenvalue weighted by molar-refractivity contribution is 5.89. The van der Waals surface area contributed by atoms with Gasteiger partial charge in [0.15, 0.2) is 0 Å². The number of amides is 2. The Bertz CT molecular complexity index is 798. The fourth-order valence-electron chi connectivity index (χ4n) is 2.77. The number of nitrogens with two attached hydrogens (primary N) is 1. The Morgan fingerprint density at radius 2 is 1.81 bits per heavy atom. The van der Waals surface area contributed by atoms with E-state index < -0.39 is 6.04 Å². The zero-order valence-electron chi connectivity index (χ0n) is 16.0. The summed E-state index contributed by atoms with van der Waals surface area (Å²) in [6, 6.07) is 3.60. The van der Waals surface area contributed by atoms with Crippen molar-refractivity contribution >= 4 is 35.1 Å². The molecule has 5 N–H and O–H groups in total. The summed E-state index contributed by atoms with van der Waals surface area (Å²) < 4.78 is 0. The van der Waals surface area contributed by atoms with E-state index in [9.17, 15) is 9.59 Å². The summed E-state index contributed by atoms with van der Waals surface area (Å²) in [6.45, 7) is 10.2. The fourth-order valence-corrected chi connectivity index (χ4v) is 2.77. The van der Waals surface area contributed by atoms with Crippen molar-refractivity contribution < 1.29 is 9.59 Å². The largest absolute Gasteiger partial charge is 0.358 e. The van der Waals surface area contributed by atoms with Crippen LogP contribution in [0.15, 0.2) is 12.1 Å². The van der Waals surface area contributed by atoms with Gasteiger partial charge in [0, 0.05) is 17.6 Å². The molecular formula is C19H29ClN4O2. The zero-order valence-corrected chi connectivity index (χ0v) is 16.8. The van der Waals surface area contributed by atoms with E-state index in [4.69, 9.17) is 5.73 Å². The Morgan fingerprint density at radius 1 is 1.15 bits per heavy atom. The van der Waals surface area contributed by atoms with Gasteiger partial charge in [-0.1, -0.05) is 25.5 Å². The van der Waals surface area contributed by atoms with Gasteiger partial charge in [-0.2, -0.15) is 0 Å². The maximum absolute atomic E-state index is 12.0. The first-order valence-electron chi connectivity index (χ1n) is 8.59. The van der Waals surface area contributed by atoms with Crippen molar-refractivity contribution in [1.82, 2.24) is 15.6 Å². The summed E-state index contributed by atoms with van der Waals surface area (Å²) in [5.74, 6) is -0.513. The lowest BCUT2D eigenvalue weighted by Crippen LogP contribution is -2.47. The van der Waals surface area contributed by atoms with Gasteiger partial charge < -0.3 is 21.4 Å². The number of fused-ring (bicyclic) bond motifs is 1. The molecule has 0 saturated heterocycles. The smallest absolute Gasteiger partial charge is 0.239 e.